The molecule has 2 aromatic heterocycles. The summed E-state index contributed by atoms with van der Waals surface area (Å²) in [6.45, 7) is 0. The van der Waals surface area contributed by atoms with Gasteiger partial charge in [-0.15, -0.1) is 10.2 Å². The third-order valence-corrected chi connectivity index (χ3v) is 3.88. The molecular formula is C19H15N3O3. The van der Waals surface area contributed by atoms with Crippen LogP contribution in [0.3, 0.4) is 0 Å². The Labute approximate surface area is 144 Å². The van der Waals surface area contributed by atoms with Crippen LogP contribution in [0.1, 0.15) is 0 Å². The standard InChI is InChI=1S/C19H15N3O3/c1-23-14-9-6-13(7-10-14)18-21-22-19(25-18)15-11-8-12-4-3-5-16(24-2)17(12)20-15/h3-11H,1-2H3. The van der Waals surface area contributed by atoms with Gasteiger partial charge in [-0.2, -0.15) is 0 Å². The van der Waals surface area contributed by atoms with Gasteiger partial charge < -0.3 is 13.9 Å². The molecule has 6 nitrogen and oxygen atoms in total. The molecule has 0 N–H and O–H groups in total. The van der Waals surface area contributed by atoms with Gasteiger partial charge >= 0.3 is 0 Å². The molecule has 4 rings (SSSR count). The van der Waals surface area contributed by atoms with Crippen molar-refractivity contribution in [1.82, 2.24) is 15.2 Å². The summed E-state index contributed by atoms with van der Waals surface area (Å²) in [6, 6.07) is 17.0. The molecule has 0 aliphatic rings. The molecular weight excluding hydrogens is 318 g/mol. The van der Waals surface area contributed by atoms with Gasteiger partial charge in [0.25, 0.3) is 5.89 Å². The molecule has 6 heteroatoms. The van der Waals surface area contributed by atoms with Crippen molar-refractivity contribution in [2.45, 2.75) is 0 Å². The quantitative estimate of drug-likeness (QED) is 0.563. The van der Waals surface area contributed by atoms with Crippen molar-refractivity contribution in [3.8, 4) is 34.5 Å². The number of hydrogen-bond donors (Lipinski definition) is 0. The summed E-state index contributed by atoms with van der Waals surface area (Å²) in [5.41, 5.74) is 2.17. The summed E-state index contributed by atoms with van der Waals surface area (Å²) >= 11 is 0. The number of hydrogen-bond acceptors (Lipinski definition) is 6. The molecule has 0 amide bonds. The average Bonchev–Trinajstić information content (AvgIpc) is 3.17. The monoisotopic (exact) mass is 333 g/mol. The summed E-state index contributed by atoms with van der Waals surface area (Å²) in [5, 5.41) is 9.21. The van der Waals surface area contributed by atoms with Crippen molar-refractivity contribution in [1.29, 1.82) is 0 Å². The van der Waals surface area contributed by atoms with E-state index in [2.05, 4.69) is 15.2 Å². The Balaban J connectivity index is 1.73. The maximum absolute atomic E-state index is 5.79. The second kappa shape index (κ2) is 6.24. The predicted molar refractivity (Wildman–Crippen MR) is 93.6 cm³/mol. The Morgan fingerprint density at radius 2 is 1.60 bits per heavy atom. The van der Waals surface area contributed by atoms with Crippen LogP contribution < -0.4 is 9.47 Å². The van der Waals surface area contributed by atoms with E-state index in [1.165, 1.54) is 0 Å². The maximum atomic E-state index is 5.79. The molecule has 0 unspecified atom stereocenters. The van der Waals surface area contributed by atoms with Crippen LogP contribution in [0.4, 0.5) is 0 Å². The van der Waals surface area contributed by atoms with Crippen LogP contribution in [0, 0.1) is 0 Å². The van der Waals surface area contributed by atoms with Gasteiger partial charge in [0.1, 0.15) is 22.7 Å². The Morgan fingerprint density at radius 1 is 0.800 bits per heavy atom. The number of pyridine rings is 1. The predicted octanol–water partition coefficient (Wildman–Crippen LogP) is 3.97. The van der Waals surface area contributed by atoms with Gasteiger partial charge in [-0.25, -0.2) is 4.98 Å². The van der Waals surface area contributed by atoms with E-state index in [1.807, 2.05) is 54.6 Å². The molecule has 25 heavy (non-hydrogen) atoms. The number of rotatable bonds is 4. The van der Waals surface area contributed by atoms with E-state index >= 15 is 0 Å². The first-order valence-electron chi connectivity index (χ1n) is 7.70. The van der Waals surface area contributed by atoms with E-state index in [9.17, 15) is 0 Å². The minimum Gasteiger partial charge on any atom is -0.497 e. The van der Waals surface area contributed by atoms with Gasteiger partial charge in [0, 0.05) is 10.9 Å². The zero-order chi connectivity index (χ0) is 17.2. The molecule has 0 fully saturated rings. The lowest BCUT2D eigenvalue weighted by Gasteiger charge is -2.05. The van der Waals surface area contributed by atoms with E-state index in [4.69, 9.17) is 13.9 Å². The molecule has 0 radical (unpaired) electrons. The highest BCUT2D eigenvalue weighted by Gasteiger charge is 2.13. The highest BCUT2D eigenvalue weighted by molar-refractivity contribution is 5.86. The van der Waals surface area contributed by atoms with E-state index in [1.54, 1.807) is 14.2 Å². The minimum absolute atomic E-state index is 0.360. The third-order valence-electron chi connectivity index (χ3n) is 3.88. The number of benzene rings is 2. The zero-order valence-corrected chi connectivity index (χ0v) is 13.8. The van der Waals surface area contributed by atoms with E-state index in [-0.39, 0.29) is 0 Å². The van der Waals surface area contributed by atoms with Crippen LogP contribution in [0.5, 0.6) is 11.5 Å². The second-order valence-electron chi connectivity index (χ2n) is 5.37. The van der Waals surface area contributed by atoms with Crippen molar-refractivity contribution in [2.75, 3.05) is 14.2 Å². The summed E-state index contributed by atoms with van der Waals surface area (Å²) in [5.74, 6) is 2.26. The molecule has 2 heterocycles. The van der Waals surface area contributed by atoms with Gasteiger partial charge in [0.05, 0.1) is 14.2 Å². The van der Waals surface area contributed by atoms with Gasteiger partial charge in [-0.1, -0.05) is 18.2 Å². The fourth-order valence-corrected chi connectivity index (χ4v) is 2.58. The number of ether oxygens (including phenoxy) is 2. The SMILES string of the molecule is COc1ccc(-c2nnc(-c3ccc4cccc(OC)c4n3)o2)cc1. The van der Waals surface area contributed by atoms with Crippen LogP contribution >= 0.6 is 0 Å². The minimum atomic E-state index is 0.360. The van der Waals surface area contributed by atoms with Gasteiger partial charge in [-0.3, -0.25) is 0 Å². The number of para-hydroxylation sites is 1. The fourth-order valence-electron chi connectivity index (χ4n) is 2.58. The molecule has 0 aliphatic heterocycles. The maximum Gasteiger partial charge on any atom is 0.266 e. The second-order valence-corrected chi connectivity index (χ2v) is 5.37. The normalized spacial score (nSPS) is 10.8. The van der Waals surface area contributed by atoms with E-state index < -0.39 is 0 Å². The molecule has 0 spiro atoms. The fraction of sp³-hybridized carbons (Fsp3) is 0.105. The molecule has 0 atom stereocenters. The summed E-state index contributed by atoms with van der Waals surface area (Å²) < 4.78 is 16.3. The van der Waals surface area contributed by atoms with Crippen LogP contribution in [0.2, 0.25) is 0 Å². The van der Waals surface area contributed by atoms with Crippen LogP contribution in [0.25, 0.3) is 33.9 Å². The van der Waals surface area contributed by atoms with E-state index in [0.29, 0.717) is 23.2 Å². The van der Waals surface area contributed by atoms with Crippen LogP contribution in [0.15, 0.2) is 59.0 Å². The van der Waals surface area contributed by atoms with Crippen molar-refractivity contribution >= 4 is 10.9 Å². The molecule has 4 aromatic rings. The van der Waals surface area contributed by atoms with E-state index in [0.717, 1.165) is 22.2 Å². The van der Waals surface area contributed by atoms with Gasteiger partial charge in [-0.05, 0) is 36.4 Å². The van der Waals surface area contributed by atoms with Crippen molar-refractivity contribution in [3.05, 3.63) is 54.6 Å². The van der Waals surface area contributed by atoms with Crippen molar-refractivity contribution < 1.29 is 13.9 Å². The van der Waals surface area contributed by atoms with Gasteiger partial charge in [0.2, 0.25) is 5.89 Å². The van der Waals surface area contributed by atoms with Gasteiger partial charge in [0.15, 0.2) is 0 Å². The zero-order valence-electron chi connectivity index (χ0n) is 13.8. The average molecular weight is 333 g/mol. The van der Waals surface area contributed by atoms with Crippen LogP contribution in [-0.2, 0) is 0 Å². The van der Waals surface area contributed by atoms with Crippen LogP contribution in [-0.4, -0.2) is 29.4 Å². The highest BCUT2D eigenvalue weighted by atomic mass is 16.5. The third kappa shape index (κ3) is 2.78. The first-order chi connectivity index (χ1) is 12.3. The highest BCUT2D eigenvalue weighted by Crippen LogP contribution is 2.28. The largest absolute Gasteiger partial charge is 0.497 e. The van der Waals surface area contributed by atoms with Crippen molar-refractivity contribution in [2.24, 2.45) is 0 Å². The Bertz CT molecular complexity index is 1030. The molecule has 0 bridgehead atoms. The lowest BCUT2D eigenvalue weighted by molar-refractivity contribution is 0.415. The Morgan fingerprint density at radius 3 is 2.36 bits per heavy atom. The first kappa shape index (κ1) is 15.1. The molecule has 2 aromatic carbocycles. The molecule has 0 aliphatic carbocycles. The molecule has 124 valence electrons. The number of aromatic nitrogens is 3. The first-order valence-corrected chi connectivity index (χ1v) is 7.70. The Hall–Kier alpha value is -3.41. The van der Waals surface area contributed by atoms with Crippen molar-refractivity contribution in [3.63, 3.8) is 0 Å². The lowest BCUT2D eigenvalue weighted by atomic mass is 10.2. The lowest BCUT2D eigenvalue weighted by Crippen LogP contribution is -1.90. The summed E-state index contributed by atoms with van der Waals surface area (Å²) in [4.78, 5) is 4.61. The number of methoxy groups -OCH3 is 2. The summed E-state index contributed by atoms with van der Waals surface area (Å²) in [6.07, 6.45) is 0. The number of nitrogens with zero attached hydrogens (tertiary/aromatic N) is 3. The molecule has 0 saturated heterocycles. The summed E-state index contributed by atoms with van der Waals surface area (Å²) in [7, 11) is 3.25. The topological polar surface area (TPSA) is 70.3 Å². The Kier molecular flexibility index (Phi) is 3.78. The molecule has 0 saturated carbocycles. The number of fused-ring (bicyclic) bond motifs is 1. The smallest absolute Gasteiger partial charge is 0.266 e.